The molecule has 2 rings (SSSR count). The van der Waals surface area contributed by atoms with Crippen LogP contribution < -0.4 is 9.47 Å². The fourth-order valence-corrected chi connectivity index (χ4v) is 2.26. The zero-order valence-corrected chi connectivity index (χ0v) is 16.6. The van der Waals surface area contributed by atoms with Gasteiger partial charge in [-0.05, 0) is 50.1 Å². The lowest BCUT2D eigenvalue weighted by Gasteiger charge is -2.08. The minimum absolute atomic E-state index is 0.0463. The fourth-order valence-electron chi connectivity index (χ4n) is 2.26. The van der Waals surface area contributed by atoms with E-state index in [9.17, 15) is 9.59 Å². The zero-order chi connectivity index (χ0) is 20.8. The minimum Gasteiger partial charge on any atom is -0.497 e. The van der Waals surface area contributed by atoms with Gasteiger partial charge in [0.25, 0.3) is 0 Å². The van der Waals surface area contributed by atoms with Crippen molar-refractivity contribution in [2.45, 2.75) is 26.7 Å². The van der Waals surface area contributed by atoms with Gasteiger partial charge in [-0.2, -0.15) is 0 Å². The highest BCUT2D eigenvalue weighted by Gasteiger charge is 2.08. The first-order valence-corrected chi connectivity index (χ1v) is 9.19. The van der Waals surface area contributed by atoms with Crippen molar-refractivity contribution in [3.05, 3.63) is 59.7 Å². The van der Waals surface area contributed by atoms with E-state index >= 15 is 0 Å². The number of esters is 1. The molecule has 0 saturated carbocycles. The summed E-state index contributed by atoms with van der Waals surface area (Å²) in [6.45, 7) is 4.07. The highest BCUT2D eigenvalue weighted by atomic mass is 16.5. The third-order valence-corrected chi connectivity index (χ3v) is 3.61. The first-order valence-electron chi connectivity index (χ1n) is 9.19. The number of aliphatic hydroxyl groups excluding tert-OH is 1. The van der Waals surface area contributed by atoms with Crippen LogP contribution in [0.4, 0.5) is 0 Å². The molecule has 2 aromatic carbocycles. The van der Waals surface area contributed by atoms with Crippen molar-refractivity contribution in [3.63, 3.8) is 0 Å². The van der Waals surface area contributed by atoms with Gasteiger partial charge < -0.3 is 19.3 Å². The van der Waals surface area contributed by atoms with Gasteiger partial charge in [-0.3, -0.25) is 9.59 Å². The first kappa shape index (κ1) is 23.2. The van der Waals surface area contributed by atoms with Crippen LogP contribution in [0.2, 0.25) is 0 Å². The largest absolute Gasteiger partial charge is 0.497 e. The van der Waals surface area contributed by atoms with Crippen LogP contribution in [0.3, 0.4) is 0 Å². The highest BCUT2D eigenvalue weighted by molar-refractivity contribution is 5.97. The summed E-state index contributed by atoms with van der Waals surface area (Å²) in [6.07, 6.45) is 0.963. The molecule has 0 aliphatic heterocycles. The van der Waals surface area contributed by atoms with E-state index in [1.165, 1.54) is 0 Å². The van der Waals surface area contributed by atoms with Gasteiger partial charge in [-0.25, -0.2) is 0 Å². The topological polar surface area (TPSA) is 82.1 Å². The number of benzene rings is 2. The number of aryl methyl sites for hydroxylation is 1. The van der Waals surface area contributed by atoms with Gasteiger partial charge in [-0.1, -0.05) is 24.3 Å². The smallest absolute Gasteiger partial charge is 0.306 e. The summed E-state index contributed by atoms with van der Waals surface area (Å²) in [5.41, 5.74) is 1.56. The Hall–Kier alpha value is -2.86. The number of ether oxygens (including phenoxy) is 3. The number of ketones is 1. The summed E-state index contributed by atoms with van der Waals surface area (Å²) < 4.78 is 15.5. The quantitative estimate of drug-likeness (QED) is 0.523. The van der Waals surface area contributed by atoms with Crippen LogP contribution in [-0.2, 0) is 16.0 Å². The van der Waals surface area contributed by atoms with Crippen molar-refractivity contribution in [1.82, 2.24) is 0 Å². The average molecular weight is 388 g/mol. The van der Waals surface area contributed by atoms with Gasteiger partial charge >= 0.3 is 5.97 Å². The summed E-state index contributed by atoms with van der Waals surface area (Å²) in [5.74, 6) is 0.921. The lowest BCUT2D eigenvalue weighted by molar-refractivity contribution is -0.143. The summed E-state index contributed by atoms with van der Waals surface area (Å²) >= 11 is 0. The van der Waals surface area contributed by atoms with Crippen molar-refractivity contribution in [2.75, 3.05) is 26.9 Å². The number of carbonyl (C=O) groups is 2. The minimum atomic E-state index is -0.202. The molecule has 0 heterocycles. The predicted octanol–water partition coefficient (Wildman–Crippen LogP) is 3.45. The molecule has 152 valence electrons. The predicted molar refractivity (Wildman–Crippen MR) is 107 cm³/mol. The molecule has 6 heteroatoms. The van der Waals surface area contributed by atoms with Crippen molar-refractivity contribution in [2.24, 2.45) is 0 Å². The third kappa shape index (κ3) is 8.68. The van der Waals surface area contributed by atoms with Gasteiger partial charge in [0.2, 0.25) is 0 Å². The number of hydrogen-bond acceptors (Lipinski definition) is 6. The molecule has 0 fully saturated rings. The number of rotatable bonds is 9. The van der Waals surface area contributed by atoms with E-state index < -0.39 is 0 Å². The normalized spacial score (nSPS) is 9.71. The van der Waals surface area contributed by atoms with E-state index in [1.807, 2.05) is 12.1 Å². The van der Waals surface area contributed by atoms with Crippen LogP contribution in [-0.4, -0.2) is 43.8 Å². The zero-order valence-electron chi connectivity index (χ0n) is 16.6. The van der Waals surface area contributed by atoms with Gasteiger partial charge in [0, 0.05) is 18.6 Å². The third-order valence-electron chi connectivity index (χ3n) is 3.61. The molecule has 6 nitrogen and oxygen atoms in total. The maximum Gasteiger partial charge on any atom is 0.306 e. The van der Waals surface area contributed by atoms with E-state index in [4.69, 9.17) is 19.3 Å². The number of hydrogen-bond donors (Lipinski definition) is 1. The second kappa shape index (κ2) is 13.3. The molecule has 0 atom stereocenters. The number of Topliss-reactive ketones (excluding diaryl/α,β-unsaturated/α-hetero) is 1. The van der Waals surface area contributed by atoms with E-state index in [0.29, 0.717) is 36.5 Å². The Balaban J connectivity index is 0.00000122. The summed E-state index contributed by atoms with van der Waals surface area (Å²) in [4.78, 5) is 23.5. The van der Waals surface area contributed by atoms with Gasteiger partial charge in [0.1, 0.15) is 11.5 Å². The van der Waals surface area contributed by atoms with Gasteiger partial charge in [0.15, 0.2) is 12.4 Å². The van der Waals surface area contributed by atoms with Gasteiger partial charge in [0.05, 0.1) is 13.7 Å². The molecule has 0 aliphatic rings. The molecule has 0 radical (unpaired) electrons. The molecule has 0 saturated heterocycles. The summed E-state index contributed by atoms with van der Waals surface area (Å²) in [7, 11) is 1.56. The molecular formula is C22H28O6. The molecule has 0 unspecified atom stereocenters. The number of carbonyl (C=O) groups excluding carboxylic acids is 2. The van der Waals surface area contributed by atoms with E-state index in [1.54, 1.807) is 57.4 Å². The Morgan fingerprint density at radius 3 is 2.29 bits per heavy atom. The van der Waals surface area contributed by atoms with Crippen molar-refractivity contribution in [1.29, 1.82) is 0 Å². The lowest BCUT2D eigenvalue weighted by Crippen LogP contribution is -2.11. The fraction of sp³-hybridized carbons (Fsp3) is 0.364. The van der Waals surface area contributed by atoms with E-state index in [0.717, 1.165) is 5.56 Å². The van der Waals surface area contributed by atoms with Crippen LogP contribution in [0.5, 0.6) is 11.5 Å². The van der Waals surface area contributed by atoms with Crippen LogP contribution >= 0.6 is 0 Å². The Bertz CT molecular complexity index is 724. The summed E-state index contributed by atoms with van der Waals surface area (Å²) in [6, 6.07) is 14.3. The first-order chi connectivity index (χ1) is 13.5. The van der Waals surface area contributed by atoms with Gasteiger partial charge in [-0.15, -0.1) is 0 Å². The van der Waals surface area contributed by atoms with E-state index in [-0.39, 0.29) is 25.0 Å². The molecule has 2 aromatic rings. The van der Waals surface area contributed by atoms with Crippen LogP contribution in [0.25, 0.3) is 0 Å². The van der Waals surface area contributed by atoms with Crippen molar-refractivity contribution in [3.8, 4) is 11.5 Å². The van der Waals surface area contributed by atoms with Crippen LogP contribution in [0.1, 0.15) is 36.2 Å². The van der Waals surface area contributed by atoms with Crippen LogP contribution in [0, 0.1) is 0 Å². The van der Waals surface area contributed by atoms with Crippen molar-refractivity contribution >= 4 is 11.8 Å². The maximum atomic E-state index is 12.2. The summed E-state index contributed by atoms with van der Waals surface area (Å²) in [5, 5.41) is 7.57. The maximum absolute atomic E-state index is 12.2. The monoisotopic (exact) mass is 388 g/mol. The average Bonchev–Trinajstić information content (AvgIpc) is 2.72. The molecule has 0 amide bonds. The Morgan fingerprint density at radius 1 is 1.00 bits per heavy atom. The Kier molecular flexibility index (Phi) is 11.0. The molecule has 0 aromatic heterocycles. The second-order valence-electron chi connectivity index (χ2n) is 5.71. The van der Waals surface area contributed by atoms with Crippen LogP contribution in [0.15, 0.2) is 48.5 Å². The number of methoxy groups -OCH3 is 1. The standard InChI is InChI=1S/C20H22O5.C2H6O/c1-3-24-20(22)12-9-15-7-10-17(11-8-15)25-14-19(21)16-5-4-6-18(13-16)23-2;1-2-3/h4-8,10-11,13H,3,9,12,14H2,1-2H3;3H,2H2,1H3. The molecule has 0 spiro atoms. The SMILES string of the molecule is CCO.CCOC(=O)CCc1ccc(OCC(=O)c2cccc(OC)c2)cc1. The van der Waals surface area contributed by atoms with E-state index in [2.05, 4.69) is 0 Å². The van der Waals surface area contributed by atoms with Crippen molar-refractivity contribution < 1.29 is 28.9 Å². The molecule has 0 aliphatic carbocycles. The molecule has 1 N–H and O–H groups in total. The highest BCUT2D eigenvalue weighted by Crippen LogP contribution is 2.16. The number of aliphatic hydroxyl groups is 1. The lowest BCUT2D eigenvalue weighted by atomic mass is 10.1. The molecule has 28 heavy (non-hydrogen) atoms. The second-order valence-corrected chi connectivity index (χ2v) is 5.71. The molecule has 0 bridgehead atoms. The molecular weight excluding hydrogens is 360 g/mol. The Morgan fingerprint density at radius 2 is 1.68 bits per heavy atom. The Labute approximate surface area is 166 Å².